The van der Waals surface area contributed by atoms with Crippen molar-refractivity contribution >= 4 is 23.2 Å². The number of nitrogens with one attached hydrogen (secondary N) is 2. The van der Waals surface area contributed by atoms with Gasteiger partial charge in [0.25, 0.3) is 5.91 Å². The van der Waals surface area contributed by atoms with E-state index < -0.39 is 41.6 Å². The van der Waals surface area contributed by atoms with E-state index in [2.05, 4.69) is 15.6 Å². The Morgan fingerprint density at radius 2 is 1.77 bits per heavy atom. The molecule has 1 saturated carbocycles. The fourth-order valence-electron chi connectivity index (χ4n) is 5.41. The molecule has 1 heterocycles. The lowest BCUT2D eigenvalue weighted by Gasteiger charge is -2.38. The molecule has 0 bridgehead atoms. The van der Waals surface area contributed by atoms with Crippen LogP contribution in [0.3, 0.4) is 0 Å². The quantitative estimate of drug-likeness (QED) is 0.369. The van der Waals surface area contributed by atoms with Crippen molar-refractivity contribution in [2.75, 3.05) is 11.9 Å². The van der Waals surface area contributed by atoms with Crippen molar-refractivity contribution in [3.8, 4) is 0 Å². The van der Waals surface area contributed by atoms with Gasteiger partial charge in [-0.3, -0.25) is 19.9 Å². The van der Waals surface area contributed by atoms with Gasteiger partial charge >= 0.3 is 6.18 Å². The molecule has 2 aromatic carbocycles. The van der Waals surface area contributed by atoms with Crippen molar-refractivity contribution in [1.29, 1.82) is 0 Å². The summed E-state index contributed by atoms with van der Waals surface area (Å²) in [5.74, 6) is -0.631. The highest BCUT2D eigenvalue weighted by Gasteiger charge is 2.45. The third kappa shape index (κ3) is 6.21. The average molecular weight is 560 g/mol. The molecule has 40 heavy (non-hydrogen) atoms. The van der Waals surface area contributed by atoms with Crippen LogP contribution < -0.4 is 21.3 Å². The number of carbonyl (C=O) groups excluding carboxylic acids is 2. The number of aliphatic imine (C=N–C) groups is 1. The first-order valence-corrected chi connectivity index (χ1v) is 13.5. The van der Waals surface area contributed by atoms with Crippen molar-refractivity contribution in [3.63, 3.8) is 0 Å². The zero-order chi connectivity index (χ0) is 29.2. The minimum Gasteiger partial charge on any atom is -0.376 e. The number of rotatable bonds is 8. The van der Waals surface area contributed by atoms with E-state index in [0.29, 0.717) is 41.8 Å². The van der Waals surface area contributed by atoms with Gasteiger partial charge in [-0.25, -0.2) is 0 Å². The second-order valence-corrected chi connectivity index (χ2v) is 11.0. The lowest BCUT2D eigenvalue weighted by atomic mass is 9.93. The molecule has 0 aromatic heterocycles. The molecule has 5 N–H and O–H groups in total. The standard InChI is InChI=1S/C29H36F3N5O3/c1-17(2)16-21(33)25(38)36-28(14-6-7-15-28)27(40)35-24-26(39)37(3)22-9-5-4-8-20(22)23(34-24)18-10-12-19(13-11-18)29(30,31)32/h4-5,8-13,17,21,24,27,35,40H,6-7,14-16,33H2,1-3H3,(H,36,38)/t21-,24?,27?/m0/s1. The van der Waals surface area contributed by atoms with Gasteiger partial charge in [0.2, 0.25) is 5.91 Å². The highest BCUT2D eigenvalue weighted by atomic mass is 19.4. The molecule has 2 amide bonds. The minimum atomic E-state index is -4.50. The van der Waals surface area contributed by atoms with E-state index in [1.54, 1.807) is 31.3 Å². The van der Waals surface area contributed by atoms with E-state index in [9.17, 15) is 27.9 Å². The van der Waals surface area contributed by atoms with E-state index in [1.165, 1.54) is 17.0 Å². The number of amides is 2. The lowest BCUT2D eigenvalue weighted by Crippen LogP contribution is -2.64. The number of nitrogens with zero attached hydrogens (tertiary/aromatic N) is 2. The summed E-state index contributed by atoms with van der Waals surface area (Å²) in [5.41, 5.74) is 6.02. The summed E-state index contributed by atoms with van der Waals surface area (Å²) in [7, 11) is 1.57. The van der Waals surface area contributed by atoms with Crippen LogP contribution in [0.1, 0.15) is 62.6 Å². The number of para-hydroxylation sites is 1. The van der Waals surface area contributed by atoms with Crippen LogP contribution >= 0.6 is 0 Å². The van der Waals surface area contributed by atoms with Gasteiger partial charge < -0.3 is 21.1 Å². The Bertz CT molecular complexity index is 1260. The molecule has 2 aliphatic rings. The maximum atomic E-state index is 13.6. The van der Waals surface area contributed by atoms with Crippen LogP contribution in [0, 0.1) is 5.92 Å². The number of benzodiazepines with no additional fused rings is 1. The molecule has 3 atom stereocenters. The molecule has 0 spiro atoms. The van der Waals surface area contributed by atoms with Crippen molar-refractivity contribution in [2.45, 2.75) is 76.1 Å². The van der Waals surface area contributed by atoms with Crippen LogP contribution in [0.5, 0.6) is 0 Å². The van der Waals surface area contributed by atoms with E-state index >= 15 is 0 Å². The number of aliphatic hydroxyl groups excluding tert-OH is 1. The van der Waals surface area contributed by atoms with Crippen molar-refractivity contribution in [3.05, 3.63) is 65.2 Å². The molecule has 2 aromatic rings. The second kappa shape index (κ2) is 11.7. The Kier molecular flexibility index (Phi) is 8.67. The second-order valence-electron chi connectivity index (χ2n) is 11.0. The van der Waals surface area contributed by atoms with Gasteiger partial charge in [-0.05, 0) is 43.4 Å². The Morgan fingerprint density at radius 3 is 2.38 bits per heavy atom. The number of benzene rings is 2. The van der Waals surface area contributed by atoms with Crippen molar-refractivity contribution < 1.29 is 27.9 Å². The fourth-order valence-corrected chi connectivity index (χ4v) is 5.41. The Hall–Kier alpha value is -3.28. The highest BCUT2D eigenvalue weighted by Crippen LogP contribution is 2.34. The van der Waals surface area contributed by atoms with Crippen LogP contribution in [0.2, 0.25) is 0 Å². The Labute approximate surface area is 231 Å². The number of nitrogens with two attached hydrogens (primary N) is 1. The first-order chi connectivity index (χ1) is 18.8. The number of hydrogen-bond acceptors (Lipinski definition) is 6. The summed E-state index contributed by atoms with van der Waals surface area (Å²) in [4.78, 5) is 32.5. The molecule has 8 nitrogen and oxygen atoms in total. The number of fused-ring (bicyclic) bond motifs is 1. The number of halogens is 3. The maximum Gasteiger partial charge on any atom is 0.416 e. The van der Waals surface area contributed by atoms with Crippen LogP contribution in [0.4, 0.5) is 18.9 Å². The van der Waals surface area contributed by atoms with Gasteiger partial charge in [0.1, 0.15) is 6.23 Å². The third-order valence-electron chi connectivity index (χ3n) is 7.60. The third-order valence-corrected chi connectivity index (χ3v) is 7.60. The summed E-state index contributed by atoms with van der Waals surface area (Å²) in [6.07, 6.45) is -4.14. The molecule has 1 aliphatic carbocycles. The fraction of sp³-hybridized carbons (Fsp3) is 0.483. The van der Waals surface area contributed by atoms with Gasteiger partial charge in [-0.2, -0.15) is 13.2 Å². The number of carbonyl (C=O) groups is 2. The first kappa shape index (κ1) is 29.7. The number of anilines is 1. The van der Waals surface area contributed by atoms with Gasteiger partial charge in [-0.15, -0.1) is 0 Å². The smallest absolute Gasteiger partial charge is 0.376 e. The van der Waals surface area contributed by atoms with Crippen LogP contribution in [-0.2, 0) is 15.8 Å². The normalized spacial score (nSPS) is 20.5. The van der Waals surface area contributed by atoms with Gasteiger partial charge in [0.15, 0.2) is 6.17 Å². The predicted molar refractivity (Wildman–Crippen MR) is 147 cm³/mol. The Morgan fingerprint density at radius 1 is 1.15 bits per heavy atom. The number of hydrogen-bond donors (Lipinski definition) is 4. The zero-order valence-corrected chi connectivity index (χ0v) is 22.8. The molecule has 2 unspecified atom stereocenters. The maximum absolute atomic E-state index is 13.6. The molecule has 216 valence electrons. The average Bonchev–Trinajstić information content (AvgIpc) is 3.35. The number of alkyl halides is 3. The molecule has 4 rings (SSSR count). The van der Waals surface area contributed by atoms with Crippen molar-refractivity contribution in [1.82, 2.24) is 10.6 Å². The van der Waals surface area contributed by atoms with E-state index in [-0.39, 0.29) is 11.8 Å². The SMILES string of the molecule is CC(C)C[C@H](N)C(=O)NC1(C(O)NC2N=C(c3ccc(C(F)(F)F)cc3)c3ccccc3N(C)C2=O)CCCC1. The molecular formula is C29H36F3N5O3. The highest BCUT2D eigenvalue weighted by molar-refractivity contribution is 6.20. The lowest BCUT2D eigenvalue weighted by molar-refractivity contribution is -0.137. The first-order valence-electron chi connectivity index (χ1n) is 13.5. The molecule has 0 saturated heterocycles. The van der Waals surface area contributed by atoms with Gasteiger partial charge in [0, 0.05) is 18.2 Å². The summed E-state index contributed by atoms with van der Waals surface area (Å²) in [5, 5.41) is 17.3. The van der Waals surface area contributed by atoms with Crippen LogP contribution in [-0.4, -0.2) is 53.7 Å². The molecule has 1 aliphatic heterocycles. The topological polar surface area (TPSA) is 120 Å². The Balaban J connectivity index is 1.68. The van der Waals surface area contributed by atoms with E-state index in [4.69, 9.17) is 5.73 Å². The monoisotopic (exact) mass is 559 g/mol. The molecular weight excluding hydrogens is 523 g/mol. The molecule has 1 fully saturated rings. The predicted octanol–water partition coefficient (Wildman–Crippen LogP) is 3.56. The number of likely N-dealkylation sites (N-methyl/N-ethyl adjacent to an activating group) is 1. The number of aliphatic hydroxyl groups is 1. The zero-order valence-electron chi connectivity index (χ0n) is 22.8. The van der Waals surface area contributed by atoms with Crippen LogP contribution in [0.25, 0.3) is 0 Å². The summed E-state index contributed by atoms with van der Waals surface area (Å²) in [6.45, 7) is 3.93. The molecule has 11 heteroatoms. The van der Waals surface area contributed by atoms with Gasteiger partial charge in [0.05, 0.1) is 28.5 Å². The van der Waals surface area contributed by atoms with Crippen molar-refractivity contribution in [2.24, 2.45) is 16.6 Å². The van der Waals surface area contributed by atoms with Crippen LogP contribution in [0.15, 0.2) is 53.5 Å². The summed E-state index contributed by atoms with van der Waals surface area (Å²) < 4.78 is 39.6. The summed E-state index contributed by atoms with van der Waals surface area (Å²) >= 11 is 0. The van der Waals surface area contributed by atoms with E-state index in [0.717, 1.165) is 25.0 Å². The van der Waals surface area contributed by atoms with Gasteiger partial charge in [-0.1, -0.05) is 57.0 Å². The molecule has 0 radical (unpaired) electrons. The minimum absolute atomic E-state index is 0.210. The van der Waals surface area contributed by atoms with E-state index in [1.807, 2.05) is 13.8 Å². The largest absolute Gasteiger partial charge is 0.416 e. The summed E-state index contributed by atoms with van der Waals surface area (Å²) in [6, 6.07) is 10.8.